The topological polar surface area (TPSA) is 168 Å². The second-order valence-corrected chi connectivity index (χ2v) is 19.3. The minimum absolute atomic E-state index is 0.0781. The Morgan fingerprint density at radius 3 is 2.43 bits per heavy atom. The molecular weight excluding hydrogens is 917 g/mol. The number of nitrogens with zero attached hydrogens (tertiary/aromatic N) is 8. The van der Waals surface area contributed by atoms with Crippen LogP contribution >= 0.6 is 11.8 Å². The van der Waals surface area contributed by atoms with Crippen molar-refractivity contribution in [2.24, 2.45) is 12.1 Å². The molecule has 3 amide bonds. The Balaban J connectivity index is 0.956. The van der Waals surface area contributed by atoms with Gasteiger partial charge in [0, 0.05) is 87.8 Å². The molecule has 0 radical (unpaired) electrons. The Bertz CT molecular complexity index is 2830. The highest BCUT2D eigenvalue weighted by atomic mass is 32.2. The molecule has 7 rings (SSSR count). The van der Waals surface area contributed by atoms with Crippen molar-refractivity contribution in [3.8, 4) is 17.0 Å². The number of carbonyl (C=O) groups is 2. The van der Waals surface area contributed by atoms with Gasteiger partial charge in [-0.15, -0.1) is 0 Å². The van der Waals surface area contributed by atoms with E-state index in [0.29, 0.717) is 61.1 Å². The van der Waals surface area contributed by atoms with Crippen LogP contribution in [0.2, 0.25) is 0 Å². The largest absolute Gasteiger partial charge is 0.494 e. The van der Waals surface area contributed by atoms with Gasteiger partial charge in [0.25, 0.3) is 0 Å². The van der Waals surface area contributed by atoms with Crippen molar-refractivity contribution in [1.29, 1.82) is 0 Å². The van der Waals surface area contributed by atoms with Crippen molar-refractivity contribution < 1.29 is 32.7 Å². The second-order valence-electron chi connectivity index (χ2n) is 18.0. The molecule has 0 spiro atoms. The van der Waals surface area contributed by atoms with Crippen molar-refractivity contribution in [1.82, 2.24) is 34.8 Å². The van der Waals surface area contributed by atoms with E-state index >= 15 is 4.39 Å². The molecule has 19 heteroatoms. The summed E-state index contributed by atoms with van der Waals surface area (Å²) in [4.78, 5) is 45.2. The molecule has 6 aromatic rings. The Morgan fingerprint density at radius 2 is 1.67 bits per heavy atom. The third-order valence-electron chi connectivity index (χ3n) is 11.6. The molecule has 0 bridgehead atoms. The summed E-state index contributed by atoms with van der Waals surface area (Å²) in [5, 5.41) is 14.3. The Morgan fingerprint density at radius 1 is 0.914 bits per heavy atom. The van der Waals surface area contributed by atoms with Crippen molar-refractivity contribution in [2.75, 3.05) is 77.0 Å². The maximum Gasteiger partial charge on any atom is 0.407 e. The zero-order valence-electron chi connectivity index (χ0n) is 40.8. The van der Waals surface area contributed by atoms with Gasteiger partial charge in [-0.2, -0.15) is 10.1 Å². The molecule has 4 N–H and O–H groups in total. The van der Waals surface area contributed by atoms with Crippen LogP contribution in [0.5, 0.6) is 5.75 Å². The summed E-state index contributed by atoms with van der Waals surface area (Å²) >= 11 is 1.14. The fraction of sp³-hybridized carbons (Fsp3) is 0.353. The number of hydrogen-bond donors (Lipinski definition) is 3. The summed E-state index contributed by atoms with van der Waals surface area (Å²) in [5.74, 6) is -0.351. The molecule has 16 nitrogen and oxygen atoms in total. The van der Waals surface area contributed by atoms with Gasteiger partial charge in [-0.1, -0.05) is 60.3 Å². The standard InChI is InChI=1S/C51H61F2N11O5S/c1-50(2,3)69-48(65)56-24-14-23-51(34-16-10-9-11-17-34)64(59-46(70-51)37-30-35(52)20-21-39(37)53)49(66)63(7)68-29-15-26-60(4)27-28-61(5)44-32-45(67-8)42(31-40(44)54)58-47-55-25-22-41(57-47)38-33-62(6)43-19-13-12-18-36(38)43/h9-13,16-22,25,30-33H,14-15,23-24,26-29,54H2,1-8H3,(H,56,65)(H,55,57,58)/t51-/m0/s1. The molecule has 0 aliphatic carbocycles. The number of nitrogens with two attached hydrogens (primary N) is 1. The summed E-state index contributed by atoms with van der Waals surface area (Å²) in [7, 11) is 9.08. The minimum Gasteiger partial charge on any atom is -0.494 e. The minimum atomic E-state index is -1.21. The zero-order valence-corrected chi connectivity index (χ0v) is 41.6. The van der Waals surface area contributed by atoms with E-state index in [4.69, 9.17) is 25.0 Å². The summed E-state index contributed by atoms with van der Waals surface area (Å²) in [6.07, 6.45) is 4.44. The van der Waals surface area contributed by atoms with Crippen LogP contribution in [0.25, 0.3) is 22.2 Å². The molecule has 70 heavy (non-hydrogen) atoms. The Hall–Kier alpha value is -6.96. The summed E-state index contributed by atoms with van der Waals surface area (Å²) in [6.45, 7) is 7.71. The molecule has 0 unspecified atom stereocenters. The molecule has 0 saturated carbocycles. The number of methoxy groups -OCH3 is 1. The second kappa shape index (κ2) is 22.2. The molecule has 0 fully saturated rings. The van der Waals surface area contributed by atoms with E-state index in [1.54, 1.807) is 34.1 Å². The number of carbonyl (C=O) groups excluding carboxylic acids is 2. The van der Waals surface area contributed by atoms with Crippen LogP contribution in [0.15, 0.2) is 108 Å². The van der Waals surface area contributed by atoms with E-state index in [9.17, 15) is 14.0 Å². The van der Waals surface area contributed by atoms with E-state index in [0.717, 1.165) is 62.9 Å². The molecule has 370 valence electrons. The van der Waals surface area contributed by atoms with E-state index in [1.165, 1.54) is 12.1 Å². The molecule has 1 atom stereocenters. The number of aryl methyl sites for hydroxylation is 1. The maximum atomic E-state index is 15.3. The average Bonchev–Trinajstić information content (AvgIpc) is 3.89. The summed E-state index contributed by atoms with van der Waals surface area (Å²) < 4.78 is 43.1. The Kier molecular flexibility index (Phi) is 16.1. The van der Waals surface area contributed by atoms with Gasteiger partial charge in [0.1, 0.15) is 32.9 Å². The maximum absolute atomic E-state index is 15.3. The van der Waals surface area contributed by atoms with Gasteiger partial charge in [0.2, 0.25) is 5.95 Å². The number of rotatable bonds is 19. The van der Waals surface area contributed by atoms with Crippen LogP contribution in [0, 0.1) is 11.6 Å². The van der Waals surface area contributed by atoms with Gasteiger partial charge in [0.05, 0.1) is 36.5 Å². The van der Waals surface area contributed by atoms with E-state index < -0.39 is 34.2 Å². The highest BCUT2D eigenvalue weighted by Gasteiger charge is 2.50. The number of likely N-dealkylation sites (N-methyl/N-ethyl adjacent to an activating group) is 2. The monoisotopic (exact) mass is 977 g/mol. The number of hydroxylamine groups is 2. The van der Waals surface area contributed by atoms with Crippen LogP contribution in [0.1, 0.15) is 51.2 Å². The first kappa shape index (κ1) is 50.9. The fourth-order valence-electron chi connectivity index (χ4n) is 8.07. The van der Waals surface area contributed by atoms with E-state index in [-0.39, 0.29) is 30.2 Å². The number of alkyl carbamates (subject to hydrolysis) is 1. The number of para-hydroxylation sites is 1. The third kappa shape index (κ3) is 12.1. The van der Waals surface area contributed by atoms with Crippen LogP contribution in [0.3, 0.4) is 0 Å². The molecular formula is C51H61F2N11O5S. The number of nitrogen functional groups attached to an aromatic ring is 1. The molecule has 1 aliphatic heterocycles. The normalized spacial score (nSPS) is 14.7. The number of urea groups is 1. The highest BCUT2D eigenvalue weighted by molar-refractivity contribution is 8.15. The van der Waals surface area contributed by atoms with Gasteiger partial charge in [-0.3, -0.25) is 4.84 Å². The lowest BCUT2D eigenvalue weighted by Gasteiger charge is -2.37. The first-order chi connectivity index (χ1) is 33.5. The van der Waals surface area contributed by atoms with Crippen LogP contribution in [-0.4, -0.2) is 113 Å². The molecule has 3 heterocycles. The first-order valence-electron chi connectivity index (χ1n) is 22.9. The average molecular weight is 978 g/mol. The molecule has 1 aliphatic rings. The number of ether oxygens (including phenoxy) is 2. The number of benzene rings is 4. The van der Waals surface area contributed by atoms with Crippen LogP contribution in [-0.2, 0) is 21.5 Å². The number of aromatic nitrogens is 3. The number of hydrogen-bond acceptors (Lipinski definition) is 13. The van der Waals surface area contributed by atoms with Crippen molar-refractivity contribution in [3.05, 3.63) is 126 Å². The number of amides is 3. The predicted molar refractivity (Wildman–Crippen MR) is 273 cm³/mol. The van der Waals surface area contributed by atoms with Crippen LogP contribution < -0.4 is 26.0 Å². The number of hydrazone groups is 1. The van der Waals surface area contributed by atoms with Crippen LogP contribution in [0.4, 0.5) is 41.4 Å². The zero-order chi connectivity index (χ0) is 50.2. The fourth-order valence-corrected chi connectivity index (χ4v) is 9.49. The lowest BCUT2D eigenvalue weighted by atomic mass is 10.0. The number of fused-ring (bicyclic) bond motifs is 1. The SMILES string of the molecule is COc1cc(N(C)CCN(C)CCCON(C)C(=O)N2N=C(c3cc(F)ccc3F)S[C@@]2(CCCNC(=O)OC(C)(C)C)c2ccccc2)c(N)cc1Nc1nccc(-c2cn(C)c3ccccc23)n1. The first-order valence-corrected chi connectivity index (χ1v) is 23.8. The van der Waals surface area contributed by atoms with Gasteiger partial charge in [-0.05, 0) is 89.0 Å². The van der Waals surface area contributed by atoms with Gasteiger partial charge < -0.3 is 40.2 Å². The summed E-state index contributed by atoms with van der Waals surface area (Å²) in [5.41, 5.74) is 11.4. The highest BCUT2D eigenvalue weighted by Crippen LogP contribution is 2.51. The molecule has 2 aromatic heterocycles. The van der Waals surface area contributed by atoms with Crippen molar-refractivity contribution >= 4 is 62.8 Å². The third-order valence-corrected chi connectivity index (χ3v) is 13.1. The van der Waals surface area contributed by atoms with Crippen molar-refractivity contribution in [2.45, 2.75) is 50.5 Å². The lowest BCUT2D eigenvalue weighted by molar-refractivity contribution is -0.112. The predicted octanol–water partition coefficient (Wildman–Crippen LogP) is 9.56. The number of anilines is 4. The van der Waals surface area contributed by atoms with E-state index in [2.05, 4.69) is 53.4 Å². The van der Waals surface area contributed by atoms with Crippen molar-refractivity contribution in [3.63, 3.8) is 0 Å². The van der Waals surface area contributed by atoms with Gasteiger partial charge >= 0.3 is 12.1 Å². The number of halogens is 2. The van der Waals surface area contributed by atoms with E-state index in [1.807, 2.05) is 81.8 Å². The van der Waals surface area contributed by atoms with Gasteiger partial charge in [-0.25, -0.2) is 33.4 Å². The quantitative estimate of drug-likeness (QED) is 0.0400. The van der Waals surface area contributed by atoms with Gasteiger partial charge in [0.15, 0.2) is 0 Å². The number of thioether (sulfide) groups is 1. The lowest BCUT2D eigenvalue weighted by Crippen LogP contribution is -2.47. The number of nitrogens with one attached hydrogen (secondary N) is 2. The smallest absolute Gasteiger partial charge is 0.407 e. The summed E-state index contributed by atoms with van der Waals surface area (Å²) in [6, 6.07) is 25.5. The molecule has 0 saturated heterocycles. The molecule has 4 aromatic carbocycles. The Labute approximate surface area is 411 Å².